The van der Waals surface area contributed by atoms with Gasteiger partial charge in [0.2, 0.25) is 0 Å². The lowest BCUT2D eigenvalue weighted by atomic mass is 10.2. The Morgan fingerprint density at radius 1 is 0.938 bits per heavy atom. The third-order valence-corrected chi connectivity index (χ3v) is 8.02. The molecule has 96 valence electrons. The van der Waals surface area contributed by atoms with Crippen molar-refractivity contribution in [2.24, 2.45) is 0 Å². The average molecular weight is 244 g/mol. The van der Waals surface area contributed by atoms with Gasteiger partial charge in [0, 0.05) is 6.42 Å². The predicted molar refractivity (Wildman–Crippen MR) is 72.0 cm³/mol. The molecule has 0 unspecified atom stereocenters. The number of unbranched alkanes of at least 4 members (excludes halogenated alkanes) is 3. The minimum atomic E-state index is -1.70. The third kappa shape index (κ3) is 5.68. The van der Waals surface area contributed by atoms with Gasteiger partial charge in [-0.2, -0.15) is 0 Å². The summed E-state index contributed by atoms with van der Waals surface area (Å²) in [7, 11) is -1.70. The molecule has 0 spiro atoms. The summed E-state index contributed by atoms with van der Waals surface area (Å²) >= 11 is 0. The molecule has 0 aliphatic rings. The van der Waals surface area contributed by atoms with Gasteiger partial charge in [0.15, 0.2) is 0 Å². The first kappa shape index (κ1) is 15.7. The number of hydrogen-bond acceptors (Lipinski definition) is 2. The molecule has 0 radical (unpaired) electrons. The lowest BCUT2D eigenvalue weighted by Gasteiger charge is -2.27. The van der Waals surface area contributed by atoms with Crippen LogP contribution in [0.3, 0.4) is 0 Å². The zero-order valence-electron chi connectivity index (χ0n) is 11.5. The van der Waals surface area contributed by atoms with Crippen LogP contribution in [0.4, 0.5) is 0 Å². The van der Waals surface area contributed by atoms with Crippen molar-refractivity contribution in [3.63, 3.8) is 0 Å². The molecule has 0 saturated heterocycles. The first-order valence-corrected chi connectivity index (χ1v) is 9.38. The van der Waals surface area contributed by atoms with Crippen LogP contribution < -0.4 is 0 Å². The Morgan fingerprint density at radius 2 is 1.50 bits per heavy atom. The van der Waals surface area contributed by atoms with Crippen LogP contribution in [0.25, 0.3) is 0 Å². The number of hydrogen-bond donors (Lipinski definition) is 0. The SMILES string of the molecule is CCCCCCC(=O)O[Si](CC)(CC)CC. The van der Waals surface area contributed by atoms with Gasteiger partial charge in [-0.3, -0.25) is 4.79 Å². The van der Waals surface area contributed by atoms with Crippen LogP contribution in [0.15, 0.2) is 0 Å². The molecule has 0 saturated carbocycles. The summed E-state index contributed by atoms with van der Waals surface area (Å²) in [6.45, 7) is 8.65. The van der Waals surface area contributed by atoms with Crippen LogP contribution in [0.5, 0.6) is 0 Å². The van der Waals surface area contributed by atoms with Gasteiger partial charge in [0.05, 0.1) is 0 Å². The van der Waals surface area contributed by atoms with Crippen molar-refractivity contribution in [1.82, 2.24) is 0 Å². The van der Waals surface area contributed by atoms with Gasteiger partial charge in [-0.15, -0.1) is 0 Å². The molecule has 16 heavy (non-hydrogen) atoms. The van der Waals surface area contributed by atoms with E-state index < -0.39 is 8.32 Å². The van der Waals surface area contributed by atoms with Crippen LogP contribution in [-0.4, -0.2) is 14.3 Å². The fourth-order valence-electron chi connectivity index (χ4n) is 1.96. The second-order valence-corrected chi connectivity index (χ2v) is 9.22. The van der Waals surface area contributed by atoms with Crippen molar-refractivity contribution < 1.29 is 9.22 Å². The molecule has 0 N–H and O–H groups in total. The second kappa shape index (κ2) is 8.80. The van der Waals surface area contributed by atoms with E-state index in [-0.39, 0.29) is 5.97 Å². The minimum Gasteiger partial charge on any atom is -0.519 e. The zero-order chi connectivity index (χ0) is 12.4. The van der Waals surface area contributed by atoms with Crippen molar-refractivity contribution in [2.75, 3.05) is 0 Å². The smallest absolute Gasteiger partial charge is 0.292 e. The molecule has 0 aromatic heterocycles. The summed E-state index contributed by atoms with van der Waals surface area (Å²) in [6, 6.07) is 3.17. The Bertz CT molecular complexity index is 180. The standard InChI is InChI=1S/C13H28O2Si/c1-5-9-10-11-12-13(14)15-16(6-2,7-3)8-4/h5-12H2,1-4H3. The van der Waals surface area contributed by atoms with E-state index >= 15 is 0 Å². The Balaban J connectivity index is 3.91. The van der Waals surface area contributed by atoms with E-state index in [0.29, 0.717) is 6.42 Å². The molecule has 0 bridgehead atoms. The molecule has 0 rings (SSSR count). The first-order chi connectivity index (χ1) is 7.64. The number of carbonyl (C=O) groups is 1. The Labute approximate surface area is 102 Å². The highest BCUT2D eigenvalue weighted by atomic mass is 28.4. The molecular weight excluding hydrogens is 216 g/mol. The molecule has 0 aliphatic heterocycles. The van der Waals surface area contributed by atoms with E-state index in [1.807, 2.05) is 0 Å². The molecule has 0 heterocycles. The Morgan fingerprint density at radius 3 is 1.94 bits per heavy atom. The van der Waals surface area contributed by atoms with Crippen molar-refractivity contribution >= 4 is 14.3 Å². The maximum atomic E-state index is 11.7. The zero-order valence-corrected chi connectivity index (χ0v) is 12.5. The summed E-state index contributed by atoms with van der Waals surface area (Å²) in [5, 5.41) is 0. The maximum Gasteiger partial charge on any atom is 0.292 e. The topological polar surface area (TPSA) is 26.3 Å². The molecule has 0 atom stereocenters. The van der Waals surface area contributed by atoms with Crippen molar-refractivity contribution in [3.8, 4) is 0 Å². The van der Waals surface area contributed by atoms with Gasteiger partial charge in [0.1, 0.15) is 0 Å². The van der Waals surface area contributed by atoms with Gasteiger partial charge in [-0.1, -0.05) is 47.0 Å². The monoisotopic (exact) mass is 244 g/mol. The summed E-state index contributed by atoms with van der Waals surface area (Å²) in [6.07, 6.45) is 5.21. The van der Waals surface area contributed by atoms with E-state index in [4.69, 9.17) is 4.43 Å². The van der Waals surface area contributed by atoms with Gasteiger partial charge in [-0.25, -0.2) is 0 Å². The Kier molecular flexibility index (Phi) is 8.62. The van der Waals surface area contributed by atoms with Crippen LogP contribution in [-0.2, 0) is 9.22 Å². The highest BCUT2D eigenvalue weighted by molar-refractivity contribution is 6.74. The van der Waals surface area contributed by atoms with Crippen molar-refractivity contribution in [1.29, 1.82) is 0 Å². The predicted octanol–water partition coefficient (Wildman–Crippen LogP) is 4.51. The minimum absolute atomic E-state index is 0.0494. The maximum absolute atomic E-state index is 11.7. The summed E-state index contributed by atoms with van der Waals surface area (Å²) in [5.41, 5.74) is 0. The average Bonchev–Trinajstić information content (AvgIpc) is 2.32. The molecule has 3 heteroatoms. The van der Waals surface area contributed by atoms with Gasteiger partial charge in [-0.05, 0) is 24.6 Å². The summed E-state index contributed by atoms with van der Waals surface area (Å²) < 4.78 is 5.77. The summed E-state index contributed by atoms with van der Waals surface area (Å²) in [5.74, 6) is 0.0494. The van der Waals surface area contributed by atoms with E-state index in [1.54, 1.807) is 0 Å². The molecule has 0 fully saturated rings. The summed E-state index contributed by atoms with van der Waals surface area (Å²) in [4.78, 5) is 11.7. The molecule has 2 nitrogen and oxygen atoms in total. The van der Waals surface area contributed by atoms with E-state index in [2.05, 4.69) is 27.7 Å². The van der Waals surface area contributed by atoms with Gasteiger partial charge >= 0.3 is 0 Å². The molecular formula is C13H28O2Si. The van der Waals surface area contributed by atoms with Crippen molar-refractivity contribution in [2.45, 2.75) is 77.9 Å². The molecule has 0 aromatic carbocycles. The van der Waals surface area contributed by atoms with Crippen LogP contribution >= 0.6 is 0 Å². The molecule has 0 aromatic rings. The van der Waals surface area contributed by atoms with Crippen molar-refractivity contribution in [3.05, 3.63) is 0 Å². The van der Waals surface area contributed by atoms with Gasteiger partial charge < -0.3 is 4.43 Å². The largest absolute Gasteiger partial charge is 0.519 e. The van der Waals surface area contributed by atoms with Gasteiger partial charge in [0.25, 0.3) is 14.3 Å². The quantitative estimate of drug-likeness (QED) is 0.441. The highest BCUT2D eigenvalue weighted by Gasteiger charge is 2.32. The Hall–Kier alpha value is -0.313. The fraction of sp³-hybridized carbons (Fsp3) is 0.923. The molecule has 0 amide bonds. The van der Waals surface area contributed by atoms with Crippen LogP contribution in [0, 0.1) is 0 Å². The van der Waals surface area contributed by atoms with E-state index in [9.17, 15) is 4.79 Å². The van der Waals surface area contributed by atoms with Crippen LogP contribution in [0.1, 0.15) is 59.8 Å². The third-order valence-electron chi connectivity index (χ3n) is 3.50. The lowest BCUT2D eigenvalue weighted by Crippen LogP contribution is -2.38. The second-order valence-electron chi connectivity index (χ2n) is 4.53. The molecule has 0 aliphatic carbocycles. The van der Waals surface area contributed by atoms with E-state index in [1.165, 1.54) is 12.8 Å². The normalized spacial score (nSPS) is 11.5. The number of rotatable bonds is 9. The first-order valence-electron chi connectivity index (χ1n) is 6.86. The van der Waals surface area contributed by atoms with Crippen LogP contribution in [0.2, 0.25) is 18.1 Å². The van der Waals surface area contributed by atoms with E-state index in [0.717, 1.165) is 31.0 Å². The highest BCUT2D eigenvalue weighted by Crippen LogP contribution is 2.22. The number of carbonyl (C=O) groups excluding carboxylic acids is 1. The lowest BCUT2D eigenvalue weighted by molar-refractivity contribution is -0.135. The fourth-order valence-corrected chi connectivity index (χ4v) is 4.47.